The molecule has 0 radical (unpaired) electrons. The number of hydrogen-bond donors (Lipinski definition) is 1. The molecule has 1 aliphatic rings. The van der Waals surface area contributed by atoms with Crippen molar-refractivity contribution in [2.24, 2.45) is 5.92 Å². The van der Waals surface area contributed by atoms with E-state index in [9.17, 15) is 0 Å². The molecule has 94 valence electrons. The van der Waals surface area contributed by atoms with Crippen LogP contribution in [-0.2, 0) is 6.54 Å². The third-order valence-corrected chi connectivity index (χ3v) is 4.10. The predicted octanol–water partition coefficient (Wildman–Crippen LogP) is 3.65. The van der Waals surface area contributed by atoms with Gasteiger partial charge in [0.25, 0.3) is 0 Å². The molecule has 2 N–H and O–H groups in total. The summed E-state index contributed by atoms with van der Waals surface area (Å²) in [6.07, 6.45) is 2.62. The van der Waals surface area contributed by atoms with E-state index in [0.717, 1.165) is 22.6 Å². The fourth-order valence-corrected chi connectivity index (χ4v) is 3.25. The van der Waals surface area contributed by atoms with E-state index in [4.69, 9.17) is 5.73 Å². The Hall–Kier alpha value is -0.540. The number of nitrogens with zero attached hydrogens (tertiary/aromatic N) is 1. The molecule has 1 aromatic carbocycles. The highest BCUT2D eigenvalue weighted by atomic mass is 79.9. The van der Waals surface area contributed by atoms with Gasteiger partial charge >= 0.3 is 0 Å². The first-order chi connectivity index (χ1) is 8.04. The maximum Gasteiger partial charge on any atom is 0.0328 e. The zero-order chi connectivity index (χ0) is 12.4. The molecular formula is C14H21BrN2. The van der Waals surface area contributed by atoms with Gasteiger partial charge in [-0.25, -0.2) is 0 Å². The number of nitrogen functional groups attached to an aromatic ring is 1. The summed E-state index contributed by atoms with van der Waals surface area (Å²) in [5.41, 5.74) is 8.02. The van der Waals surface area contributed by atoms with Crippen molar-refractivity contribution >= 4 is 21.6 Å². The Morgan fingerprint density at radius 1 is 1.35 bits per heavy atom. The van der Waals surface area contributed by atoms with Gasteiger partial charge in [-0.15, -0.1) is 0 Å². The minimum Gasteiger partial charge on any atom is -0.399 e. The molecule has 0 aromatic heterocycles. The minimum atomic E-state index is 0.680. The number of nitrogens with two attached hydrogens (primary N) is 1. The number of likely N-dealkylation sites (tertiary alicyclic amines) is 1. The van der Waals surface area contributed by atoms with Gasteiger partial charge in [-0.3, -0.25) is 4.90 Å². The van der Waals surface area contributed by atoms with Crippen LogP contribution in [0.5, 0.6) is 0 Å². The maximum atomic E-state index is 5.87. The summed E-state index contributed by atoms with van der Waals surface area (Å²) in [6.45, 7) is 6.90. The molecule has 17 heavy (non-hydrogen) atoms. The fraction of sp³-hybridized carbons (Fsp3) is 0.571. The molecule has 0 spiro atoms. The molecule has 2 nitrogen and oxygen atoms in total. The van der Waals surface area contributed by atoms with Crippen molar-refractivity contribution < 1.29 is 0 Å². The molecule has 2 atom stereocenters. The Morgan fingerprint density at radius 2 is 2.12 bits per heavy atom. The van der Waals surface area contributed by atoms with E-state index in [1.54, 1.807) is 0 Å². The molecule has 0 amide bonds. The summed E-state index contributed by atoms with van der Waals surface area (Å²) < 4.78 is 1.07. The molecule has 0 bridgehead atoms. The Balaban J connectivity index is 2.05. The van der Waals surface area contributed by atoms with Crippen molar-refractivity contribution in [1.82, 2.24) is 4.90 Å². The van der Waals surface area contributed by atoms with E-state index in [2.05, 4.69) is 46.8 Å². The monoisotopic (exact) mass is 296 g/mol. The van der Waals surface area contributed by atoms with Crippen LogP contribution in [0.15, 0.2) is 22.7 Å². The van der Waals surface area contributed by atoms with Crippen LogP contribution < -0.4 is 5.73 Å². The first-order valence-corrected chi connectivity index (χ1v) is 7.13. The Bertz CT molecular complexity index is 372. The van der Waals surface area contributed by atoms with Crippen molar-refractivity contribution in [2.45, 2.75) is 39.3 Å². The second-order valence-corrected chi connectivity index (χ2v) is 6.26. The van der Waals surface area contributed by atoms with E-state index < -0.39 is 0 Å². The van der Waals surface area contributed by atoms with Crippen LogP contribution in [0.2, 0.25) is 0 Å². The number of anilines is 1. The van der Waals surface area contributed by atoms with Gasteiger partial charge in [0.1, 0.15) is 0 Å². The summed E-state index contributed by atoms with van der Waals surface area (Å²) in [5, 5.41) is 0. The molecule has 1 fully saturated rings. The topological polar surface area (TPSA) is 29.3 Å². The Labute approximate surface area is 112 Å². The third-order valence-electron chi connectivity index (χ3n) is 3.64. The highest BCUT2D eigenvalue weighted by Gasteiger charge is 2.22. The lowest BCUT2D eigenvalue weighted by Gasteiger charge is -2.36. The van der Waals surface area contributed by atoms with Crippen LogP contribution in [0.4, 0.5) is 5.69 Å². The molecular weight excluding hydrogens is 276 g/mol. The van der Waals surface area contributed by atoms with Crippen molar-refractivity contribution in [2.75, 3.05) is 12.3 Å². The van der Waals surface area contributed by atoms with Gasteiger partial charge in [0.2, 0.25) is 0 Å². The summed E-state index contributed by atoms with van der Waals surface area (Å²) in [7, 11) is 0. The van der Waals surface area contributed by atoms with Crippen LogP contribution in [0.3, 0.4) is 0 Å². The molecule has 1 aliphatic heterocycles. The lowest BCUT2D eigenvalue weighted by atomic mass is 9.93. The molecule has 1 aromatic rings. The van der Waals surface area contributed by atoms with E-state index in [-0.39, 0.29) is 0 Å². The van der Waals surface area contributed by atoms with Crippen LogP contribution >= 0.6 is 15.9 Å². The number of piperidine rings is 1. The second-order valence-electron chi connectivity index (χ2n) is 5.34. The highest BCUT2D eigenvalue weighted by molar-refractivity contribution is 9.10. The van der Waals surface area contributed by atoms with Gasteiger partial charge in [0, 0.05) is 22.7 Å². The molecule has 2 rings (SSSR count). The maximum absolute atomic E-state index is 5.87. The average molecular weight is 297 g/mol. The van der Waals surface area contributed by atoms with Crippen molar-refractivity contribution in [3.63, 3.8) is 0 Å². The van der Waals surface area contributed by atoms with Gasteiger partial charge in [0.05, 0.1) is 0 Å². The first kappa shape index (κ1) is 12.9. The van der Waals surface area contributed by atoms with Gasteiger partial charge in [-0.2, -0.15) is 0 Å². The molecule has 0 aliphatic carbocycles. The van der Waals surface area contributed by atoms with Gasteiger partial charge in [-0.05, 0) is 56.0 Å². The standard InChI is InChI=1S/C14H21BrN2/c1-10-3-4-17(11(2)5-10)9-12-6-13(15)8-14(16)7-12/h6-8,10-11H,3-5,9,16H2,1-2H3. The minimum absolute atomic E-state index is 0.680. The molecule has 2 unspecified atom stereocenters. The smallest absolute Gasteiger partial charge is 0.0328 e. The summed E-state index contributed by atoms with van der Waals surface area (Å²) in [5.74, 6) is 0.869. The van der Waals surface area contributed by atoms with Crippen molar-refractivity contribution in [3.05, 3.63) is 28.2 Å². The number of halogens is 1. The first-order valence-electron chi connectivity index (χ1n) is 6.33. The number of rotatable bonds is 2. The lowest BCUT2D eigenvalue weighted by Crippen LogP contribution is -2.39. The van der Waals surface area contributed by atoms with Crippen LogP contribution in [0, 0.1) is 5.92 Å². The summed E-state index contributed by atoms with van der Waals surface area (Å²) in [4.78, 5) is 2.56. The zero-order valence-electron chi connectivity index (χ0n) is 10.6. The van der Waals surface area contributed by atoms with E-state index in [0.29, 0.717) is 6.04 Å². The summed E-state index contributed by atoms with van der Waals surface area (Å²) in [6, 6.07) is 6.88. The van der Waals surface area contributed by atoms with Crippen LogP contribution in [0.25, 0.3) is 0 Å². The van der Waals surface area contributed by atoms with Crippen LogP contribution in [-0.4, -0.2) is 17.5 Å². The zero-order valence-corrected chi connectivity index (χ0v) is 12.2. The number of hydrogen-bond acceptors (Lipinski definition) is 2. The quantitative estimate of drug-likeness (QED) is 0.844. The lowest BCUT2D eigenvalue weighted by molar-refractivity contribution is 0.122. The predicted molar refractivity (Wildman–Crippen MR) is 76.8 cm³/mol. The van der Waals surface area contributed by atoms with E-state index in [1.807, 2.05) is 6.07 Å². The normalized spacial score (nSPS) is 26.1. The van der Waals surface area contributed by atoms with Gasteiger partial charge in [0.15, 0.2) is 0 Å². The largest absolute Gasteiger partial charge is 0.399 e. The van der Waals surface area contributed by atoms with Crippen molar-refractivity contribution in [3.8, 4) is 0 Å². The molecule has 1 saturated heterocycles. The molecule has 1 heterocycles. The van der Waals surface area contributed by atoms with E-state index in [1.165, 1.54) is 24.9 Å². The third kappa shape index (κ3) is 3.46. The Morgan fingerprint density at radius 3 is 2.76 bits per heavy atom. The van der Waals surface area contributed by atoms with Crippen LogP contribution in [0.1, 0.15) is 32.3 Å². The van der Waals surface area contributed by atoms with Crippen molar-refractivity contribution in [1.29, 1.82) is 0 Å². The van der Waals surface area contributed by atoms with E-state index >= 15 is 0 Å². The molecule has 0 saturated carbocycles. The Kier molecular flexibility index (Phi) is 4.10. The van der Waals surface area contributed by atoms with Gasteiger partial charge in [-0.1, -0.05) is 22.9 Å². The number of benzene rings is 1. The second kappa shape index (κ2) is 5.40. The highest BCUT2D eigenvalue weighted by Crippen LogP contribution is 2.25. The van der Waals surface area contributed by atoms with Gasteiger partial charge < -0.3 is 5.73 Å². The average Bonchev–Trinajstić information content (AvgIpc) is 2.21. The molecule has 3 heteroatoms. The SMILES string of the molecule is CC1CCN(Cc2cc(N)cc(Br)c2)C(C)C1. The fourth-order valence-electron chi connectivity index (χ4n) is 2.69. The summed E-state index contributed by atoms with van der Waals surface area (Å²) >= 11 is 3.50.